The van der Waals surface area contributed by atoms with E-state index in [0.29, 0.717) is 42.7 Å². The Morgan fingerprint density at radius 3 is 2.40 bits per heavy atom. The van der Waals surface area contributed by atoms with Crippen LogP contribution in [0, 0.1) is 29.1 Å². The van der Waals surface area contributed by atoms with E-state index < -0.39 is 11.5 Å². The molecule has 4 rings (SSSR count). The van der Waals surface area contributed by atoms with Crippen LogP contribution in [0.4, 0.5) is 11.4 Å². The number of amides is 2. The second-order valence-electron chi connectivity index (χ2n) is 14.9. The summed E-state index contributed by atoms with van der Waals surface area (Å²) in [6, 6.07) is 5.59. The van der Waals surface area contributed by atoms with Gasteiger partial charge in [-0.15, -0.1) is 12.6 Å². The summed E-state index contributed by atoms with van der Waals surface area (Å²) in [7, 11) is 1.68. The predicted molar refractivity (Wildman–Crippen MR) is 212 cm³/mol. The minimum Gasteiger partial charge on any atom is -0.484 e. The lowest BCUT2D eigenvalue weighted by atomic mass is 9.88. The van der Waals surface area contributed by atoms with Crippen molar-refractivity contribution in [3.63, 3.8) is 0 Å². The molecule has 0 bridgehead atoms. The molecular formula is C39H63N5O7S. The quantitative estimate of drug-likeness (QED) is 0.0579. The van der Waals surface area contributed by atoms with Crippen molar-refractivity contribution in [3.8, 4) is 5.75 Å². The molecule has 0 aromatic heterocycles. The Morgan fingerprint density at radius 1 is 1.15 bits per heavy atom. The number of thiol groups is 1. The molecule has 2 saturated carbocycles. The summed E-state index contributed by atoms with van der Waals surface area (Å²) < 4.78 is 17.9. The number of hydrogen-bond donors (Lipinski definition) is 3. The first-order chi connectivity index (χ1) is 24.8. The molecule has 7 atom stereocenters. The Hall–Kier alpha value is -3.29. The van der Waals surface area contributed by atoms with Crippen molar-refractivity contribution in [2.75, 3.05) is 33.4 Å². The molecule has 0 radical (unpaired) electrons. The number of carbonyl (C=O) groups is 3. The molecule has 1 aromatic rings. The van der Waals surface area contributed by atoms with Crippen molar-refractivity contribution in [2.45, 2.75) is 111 Å². The third kappa shape index (κ3) is 13.9. The van der Waals surface area contributed by atoms with Crippen LogP contribution in [0.5, 0.6) is 5.75 Å². The van der Waals surface area contributed by atoms with Gasteiger partial charge >= 0.3 is 0 Å². The predicted octanol–water partition coefficient (Wildman–Crippen LogP) is 6.40. The molecule has 2 amide bonds. The van der Waals surface area contributed by atoms with Crippen LogP contribution < -0.4 is 10.5 Å². The molecule has 4 unspecified atom stereocenters. The number of ether oxygens (including phenoxy) is 3. The lowest BCUT2D eigenvalue weighted by Crippen LogP contribution is -2.47. The Kier molecular flexibility index (Phi) is 19.6. The Balaban J connectivity index is 0.00000146. The van der Waals surface area contributed by atoms with Gasteiger partial charge in [-0.2, -0.15) is 0 Å². The fourth-order valence-corrected chi connectivity index (χ4v) is 7.07. The van der Waals surface area contributed by atoms with Gasteiger partial charge in [0.15, 0.2) is 12.2 Å². The SMILES string of the molecule is C=Nc1cc(OCC(=NC)OCC)ccc1N=C(CCCCC[C@H]1CCC2CC21)CO[C@H]1CN(C(=O)[C@@H](O)C(C)(C)C)C(C)C1C.NC=O.O=CS. The maximum Gasteiger partial charge on any atom is 0.252 e. The van der Waals surface area contributed by atoms with Crippen LogP contribution in [-0.4, -0.2) is 97.9 Å². The van der Waals surface area contributed by atoms with Crippen LogP contribution in [0.15, 0.2) is 33.2 Å². The molecule has 1 aromatic carbocycles. The van der Waals surface area contributed by atoms with Crippen molar-refractivity contribution in [1.82, 2.24) is 4.90 Å². The molecule has 3 fully saturated rings. The number of likely N-dealkylation sites (tertiary alicyclic amines) is 1. The topological polar surface area (TPSA) is 165 Å². The zero-order valence-corrected chi connectivity index (χ0v) is 33.2. The molecule has 3 N–H and O–H groups in total. The number of carbonyl (C=O) groups excluding carboxylic acids is 3. The molecule has 0 spiro atoms. The Labute approximate surface area is 316 Å². The van der Waals surface area contributed by atoms with Crippen LogP contribution in [0.2, 0.25) is 0 Å². The van der Waals surface area contributed by atoms with Crippen LogP contribution in [0.1, 0.15) is 92.9 Å². The van der Waals surface area contributed by atoms with Crippen molar-refractivity contribution in [3.05, 3.63) is 18.2 Å². The van der Waals surface area contributed by atoms with Gasteiger partial charge < -0.3 is 30.0 Å². The van der Waals surface area contributed by atoms with Crippen LogP contribution in [0.25, 0.3) is 0 Å². The first-order valence-electron chi connectivity index (χ1n) is 18.5. The van der Waals surface area contributed by atoms with Gasteiger partial charge in [-0.25, -0.2) is 0 Å². The van der Waals surface area contributed by atoms with E-state index in [1.807, 2.05) is 52.8 Å². The summed E-state index contributed by atoms with van der Waals surface area (Å²) in [6.07, 6.45) is 9.08. The molecule has 2 aliphatic carbocycles. The maximum atomic E-state index is 13.2. The standard InChI is InChI=1S/C37H58N4O5.CH3NO.CH2OS/c1-9-44-34(39-8)23-45-29-17-18-31(32(20-29)38-7)40-28(14-12-10-11-13-26-15-16-27-19-30(26)27)22-46-33-21-41(25(3)24(33)2)36(43)35(42)37(4,5)6;2*2-1-3/h17-18,20,24-27,30,33,35,42H,7,9-16,19,21-23H2,1-6,8H3;1H,(H2,2,3);1H,(H,2,3)/t24?,25?,26-,27?,30?,33-,35+;;/m0../s1. The highest BCUT2D eigenvalue weighted by molar-refractivity contribution is 7.94. The van der Waals surface area contributed by atoms with Crippen LogP contribution >= 0.6 is 12.6 Å². The Bertz CT molecular complexity index is 1340. The van der Waals surface area contributed by atoms with E-state index in [9.17, 15) is 9.90 Å². The molecular weight excluding hydrogens is 683 g/mol. The minimum atomic E-state index is -1.05. The zero-order valence-electron chi connectivity index (χ0n) is 32.3. The van der Waals surface area contributed by atoms with Gasteiger partial charge in [-0.05, 0) is 88.0 Å². The highest BCUT2D eigenvalue weighted by Gasteiger charge is 2.47. The summed E-state index contributed by atoms with van der Waals surface area (Å²) in [5.74, 6) is 4.09. The fraction of sp³-hybridized carbons (Fsp3) is 0.692. The van der Waals surface area contributed by atoms with Gasteiger partial charge in [0.25, 0.3) is 5.91 Å². The number of aliphatic hydroxyl groups excluding tert-OH is 1. The first-order valence-corrected chi connectivity index (χ1v) is 19.0. The number of primary amides is 1. The number of aliphatic hydroxyl groups is 1. The average Bonchev–Trinajstić information content (AvgIpc) is 3.70. The molecule has 292 valence electrons. The van der Waals surface area contributed by atoms with Crippen molar-refractivity contribution >= 4 is 60.3 Å². The number of benzene rings is 1. The molecule has 3 aliphatic rings. The highest BCUT2D eigenvalue weighted by Crippen LogP contribution is 2.56. The largest absolute Gasteiger partial charge is 0.484 e. The van der Waals surface area contributed by atoms with Gasteiger partial charge in [0.05, 0.1) is 30.7 Å². The summed E-state index contributed by atoms with van der Waals surface area (Å²) >= 11 is 3.11. The number of nitrogens with zero attached hydrogens (tertiary/aromatic N) is 4. The highest BCUT2D eigenvalue weighted by atomic mass is 32.1. The van der Waals surface area contributed by atoms with Gasteiger partial charge in [-0.1, -0.05) is 47.0 Å². The first kappa shape index (κ1) is 44.9. The molecule has 13 heteroatoms. The van der Waals surface area contributed by atoms with E-state index in [-0.39, 0.29) is 37.0 Å². The Morgan fingerprint density at radius 2 is 1.85 bits per heavy atom. The summed E-state index contributed by atoms with van der Waals surface area (Å²) in [6.45, 7) is 17.1. The maximum absolute atomic E-state index is 13.2. The molecule has 1 aliphatic heterocycles. The number of fused-ring (bicyclic) bond motifs is 1. The molecule has 12 nitrogen and oxygen atoms in total. The van der Waals surface area contributed by atoms with E-state index in [4.69, 9.17) is 28.8 Å². The second kappa shape index (κ2) is 22.7. The average molecular weight is 746 g/mol. The van der Waals surface area contributed by atoms with Crippen LogP contribution in [-0.2, 0) is 23.9 Å². The third-order valence-electron chi connectivity index (χ3n) is 10.4. The number of rotatable bonds is 16. The van der Waals surface area contributed by atoms with E-state index in [1.165, 1.54) is 38.5 Å². The minimum absolute atomic E-state index is 0.0263. The number of aliphatic imine (C=N–C) groups is 3. The lowest BCUT2D eigenvalue weighted by molar-refractivity contribution is -0.146. The molecule has 1 saturated heterocycles. The van der Waals surface area contributed by atoms with Gasteiger partial charge in [-0.3, -0.25) is 29.4 Å². The van der Waals surface area contributed by atoms with E-state index in [2.05, 4.69) is 42.0 Å². The number of hydrogen-bond acceptors (Lipinski definition) is 10. The fourth-order valence-electron chi connectivity index (χ4n) is 7.07. The van der Waals surface area contributed by atoms with Crippen molar-refractivity contribution in [2.24, 2.45) is 49.8 Å². The summed E-state index contributed by atoms with van der Waals surface area (Å²) in [5.41, 5.74) is 6.40. The number of nitrogens with two attached hydrogens (primary N) is 1. The van der Waals surface area contributed by atoms with Crippen molar-refractivity contribution in [1.29, 1.82) is 0 Å². The van der Waals surface area contributed by atoms with Gasteiger partial charge in [0.1, 0.15) is 11.9 Å². The molecule has 52 heavy (non-hydrogen) atoms. The zero-order chi connectivity index (χ0) is 38.8. The van der Waals surface area contributed by atoms with E-state index >= 15 is 0 Å². The van der Waals surface area contributed by atoms with Crippen molar-refractivity contribution < 1.29 is 33.7 Å². The van der Waals surface area contributed by atoms with E-state index in [0.717, 1.165) is 42.0 Å². The van der Waals surface area contributed by atoms with Crippen LogP contribution in [0.3, 0.4) is 0 Å². The summed E-state index contributed by atoms with van der Waals surface area (Å²) in [5, 5.41) is 10.7. The lowest BCUT2D eigenvalue weighted by Gasteiger charge is -2.31. The number of unbranched alkanes of at least 4 members (excludes halogenated alkanes) is 2. The molecule has 1 heterocycles. The van der Waals surface area contributed by atoms with Gasteiger partial charge in [0.2, 0.25) is 12.3 Å². The van der Waals surface area contributed by atoms with E-state index in [1.54, 1.807) is 11.9 Å². The normalized spacial score (nSPS) is 24.4. The third-order valence-corrected chi connectivity index (χ3v) is 10.4. The monoisotopic (exact) mass is 745 g/mol. The smallest absolute Gasteiger partial charge is 0.252 e. The van der Waals surface area contributed by atoms with Gasteiger partial charge in [0, 0.05) is 37.3 Å². The summed E-state index contributed by atoms with van der Waals surface area (Å²) in [4.78, 5) is 45.7. The second-order valence-corrected chi connectivity index (χ2v) is 15.1.